The summed E-state index contributed by atoms with van der Waals surface area (Å²) in [5.41, 5.74) is 2.60. The van der Waals surface area contributed by atoms with Crippen LogP contribution >= 0.6 is 0 Å². The number of amides is 1. The van der Waals surface area contributed by atoms with Gasteiger partial charge in [0.15, 0.2) is 0 Å². The number of nitrogens with one attached hydrogen (secondary N) is 1. The molecule has 0 unspecified atom stereocenters. The maximum Gasteiger partial charge on any atom is 0.264 e. The number of anilines is 1. The van der Waals surface area contributed by atoms with E-state index in [2.05, 4.69) is 16.3 Å². The molecule has 7 nitrogen and oxygen atoms in total. The van der Waals surface area contributed by atoms with E-state index in [4.69, 9.17) is 4.74 Å². The number of nitrogens with zero attached hydrogens (tertiary/aromatic N) is 2. The highest BCUT2D eigenvalue weighted by molar-refractivity contribution is 7.92. The maximum atomic E-state index is 13.5. The van der Waals surface area contributed by atoms with E-state index in [0.29, 0.717) is 18.0 Å². The van der Waals surface area contributed by atoms with Crippen LogP contribution in [-0.4, -0.2) is 46.0 Å². The molecule has 1 aliphatic rings. The van der Waals surface area contributed by atoms with Crippen LogP contribution in [0.3, 0.4) is 0 Å². The van der Waals surface area contributed by atoms with E-state index in [1.165, 1.54) is 30.5 Å². The molecular weight excluding hydrogens is 462 g/mol. The van der Waals surface area contributed by atoms with Crippen LogP contribution in [0.4, 0.5) is 5.69 Å². The Morgan fingerprint density at radius 1 is 0.914 bits per heavy atom. The molecule has 1 amide bonds. The third-order valence-corrected chi connectivity index (χ3v) is 7.95. The fraction of sp³-hybridized carbons (Fsp3) is 0.296. The Morgan fingerprint density at radius 3 is 2.20 bits per heavy atom. The van der Waals surface area contributed by atoms with Gasteiger partial charge in [0, 0.05) is 13.1 Å². The Labute approximate surface area is 207 Å². The Bertz CT molecular complexity index is 1220. The van der Waals surface area contributed by atoms with Crippen LogP contribution in [0, 0.1) is 0 Å². The van der Waals surface area contributed by atoms with E-state index in [0.717, 1.165) is 29.5 Å². The van der Waals surface area contributed by atoms with Gasteiger partial charge in [-0.25, -0.2) is 8.42 Å². The van der Waals surface area contributed by atoms with Gasteiger partial charge in [0.05, 0.1) is 17.7 Å². The predicted molar refractivity (Wildman–Crippen MR) is 137 cm³/mol. The molecule has 1 aliphatic heterocycles. The van der Waals surface area contributed by atoms with Gasteiger partial charge in [0.25, 0.3) is 10.0 Å². The topological polar surface area (TPSA) is 79.0 Å². The van der Waals surface area contributed by atoms with Gasteiger partial charge >= 0.3 is 0 Å². The lowest BCUT2D eigenvalue weighted by Crippen LogP contribution is -2.40. The monoisotopic (exact) mass is 493 g/mol. The number of rotatable bonds is 10. The van der Waals surface area contributed by atoms with Crippen LogP contribution in [0.25, 0.3) is 0 Å². The molecule has 0 saturated carbocycles. The minimum Gasteiger partial charge on any atom is -0.497 e. The van der Waals surface area contributed by atoms with Crippen molar-refractivity contribution in [1.29, 1.82) is 0 Å². The fourth-order valence-corrected chi connectivity index (χ4v) is 5.67. The second-order valence-electron chi connectivity index (χ2n) is 8.55. The van der Waals surface area contributed by atoms with Gasteiger partial charge in [-0.15, -0.1) is 0 Å². The molecule has 4 rings (SSSR count). The molecule has 3 aromatic carbocycles. The van der Waals surface area contributed by atoms with E-state index in [1.54, 1.807) is 49.6 Å². The summed E-state index contributed by atoms with van der Waals surface area (Å²) >= 11 is 0. The first kappa shape index (κ1) is 24.8. The summed E-state index contributed by atoms with van der Waals surface area (Å²) in [7, 11) is -2.41. The minimum atomic E-state index is -3.95. The first-order valence-electron chi connectivity index (χ1n) is 11.7. The number of methoxy groups -OCH3 is 1. The van der Waals surface area contributed by atoms with Crippen LogP contribution in [0.5, 0.6) is 5.75 Å². The van der Waals surface area contributed by atoms with Crippen LogP contribution in [0.1, 0.15) is 24.0 Å². The average molecular weight is 494 g/mol. The Hall–Kier alpha value is -3.36. The Morgan fingerprint density at radius 2 is 1.54 bits per heavy atom. The number of likely N-dealkylation sites (tertiary alicyclic amines) is 1. The van der Waals surface area contributed by atoms with Gasteiger partial charge in [0.1, 0.15) is 12.3 Å². The molecular formula is C27H31N3O4S. The van der Waals surface area contributed by atoms with Crippen molar-refractivity contribution in [1.82, 2.24) is 10.2 Å². The third-order valence-electron chi connectivity index (χ3n) is 6.17. The zero-order chi connectivity index (χ0) is 24.7. The number of ether oxygens (including phenoxy) is 1. The Kier molecular flexibility index (Phi) is 8.05. The van der Waals surface area contributed by atoms with Crippen molar-refractivity contribution in [2.75, 3.05) is 31.0 Å². The molecule has 3 aromatic rings. The minimum absolute atomic E-state index is 0.125. The molecule has 1 fully saturated rings. The lowest BCUT2D eigenvalue weighted by molar-refractivity contribution is -0.119. The Balaban J connectivity index is 1.51. The molecule has 1 N–H and O–H groups in total. The molecule has 1 heterocycles. The maximum absolute atomic E-state index is 13.5. The molecule has 0 spiro atoms. The first-order chi connectivity index (χ1) is 17.0. The number of hydrogen-bond donors (Lipinski definition) is 1. The van der Waals surface area contributed by atoms with Gasteiger partial charge in [-0.3, -0.25) is 14.0 Å². The number of carbonyl (C=O) groups is 1. The average Bonchev–Trinajstić information content (AvgIpc) is 3.40. The van der Waals surface area contributed by atoms with Gasteiger partial charge in [-0.1, -0.05) is 42.5 Å². The van der Waals surface area contributed by atoms with Crippen molar-refractivity contribution < 1.29 is 17.9 Å². The van der Waals surface area contributed by atoms with Crippen molar-refractivity contribution >= 4 is 21.6 Å². The number of benzene rings is 3. The van der Waals surface area contributed by atoms with Crippen molar-refractivity contribution in [2.24, 2.45) is 0 Å². The summed E-state index contributed by atoms with van der Waals surface area (Å²) in [5, 5.41) is 2.92. The van der Waals surface area contributed by atoms with E-state index < -0.39 is 10.0 Å². The van der Waals surface area contributed by atoms with Crippen LogP contribution in [0.15, 0.2) is 83.8 Å². The van der Waals surface area contributed by atoms with Gasteiger partial charge < -0.3 is 10.1 Å². The van der Waals surface area contributed by atoms with Crippen molar-refractivity contribution in [3.8, 4) is 5.75 Å². The van der Waals surface area contributed by atoms with E-state index in [1.807, 2.05) is 18.2 Å². The molecule has 0 bridgehead atoms. The zero-order valence-corrected chi connectivity index (χ0v) is 20.7. The van der Waals surface area contributed by atoms with Crippen molar-refractivity contribution in [3.05, 3.63) is 90.0 Å². The molecule has 184 valence electrons. The first-order valence-corrected chi connectivity index (χ1v) is 13.2. The molecule has 8 heteroatoms. The van der Waals surface area contributed by atoms with E-state index in [-0.39, 0.29) is 17.3 Å². The molecule has 0 aliphatic carbocycles. The largest absolute Gasteiger partial charge is 0.497 e. The highest BCUT2D eigenvalue weighted by atomic mass is 32.2. The van der Waals surface area contributed by atoms with Gasteiger partial charge in [-0.05, 0) is 73.5 Å². The van der Waals surface area contributed by atoms with Gasteiger partial charge in [-0.2, -0.15) is 0 Å². The summed E-state index contributed by atoms with van der Waals surface area (Å²) in [4.78, 5) is 15.5. The number of hydrogen-bond acceptors (Lipinski definition) is 5. The summed E-state index contributed by atoms with van der Waals surface area (Å²) in [5.74, 6) is 0.223. The molecule has 0 aromatic heterocycles. The second-order valence-corrected chi connectivity index (χ2v) is 10.4. The summed E-state index contributed by atoms with van der Waals surface area (Å²) in [6.45, 7) is 3.04. The molecule has 0 atom stereocenters. The SMILES string of the molecule is COc1ccc(N(CC(=O)NCc2ccccc2CN2CCCC2)S(=O)(=O)c2ccccc2)cc1. The smallest absolute Gasteiger partial charge is 0.264 e. The second kappa shape index (κ2) is 11.4. The summed E-state index contributed by atoms with van der Waals surface area (Å²) in [6, 6.07) is 22.8. The lowest BCUT2D eigenvalue weighted by atomic mass is 10.1. The highest BCUT2D eigenvalue weighted by Crippen LogP contribution is 2.25. The van der Waals surface area contributed by atoms with Crippen LogP contribution in [-0.2, 0) is 27.9 Å². The lowest BCUT2D eigenvalue weighted by Gasteiger charge is -2.24. The summed E-state index contributed by atoms with van der Waals surface area (Å²) in [6.07, 6.45) is 2.44. The van der Waals surface area contributed by atoms with E-state index >= 15 is 0 Å². The molecule has 1 saturated heterocycles. The number of carbonyl (C=O) groups excluding carboxylic acids is 1. The van der Waals surface area contributed by atoms with Gasteiger partial charge in [0.2, 0.25) is 5.91 Å². The predicted octanol–water partition coefficient (Wildman–Crippen LogP) is 3.80. The van der Waals surface area contributed by atoms with Crippen LogP contribution in [0.2, 0.25) is 0 Å². The normalized spacial score (nSPS) is 14.0. The fourth-order valence-electron chi connectivity index (χ4n) is 4.23. The van der Waals surface area contributed by atoms with Crippen molar-refractivity contribution in [3.63, 3.8) is 0 Å². The van der Waals surface area contributed by atoms with Crippen LogP contribution < -0.4 is 14.4 Å². The molecule has 0 radical (unpaired) electrons. The third kappa shape index (κ3) is 6.21. The quantitative estimate of drug-likeness (QED) is 0.465. The van der Waals surface area contributed by atoms with Crippen molar-refractivity contribution in [2.45, 2.75) is 30.8 Å². The van der Waals surface area contributed by atoms with E-state index in [9.17, 15) is 13.2 Å². The summed E-state index contributed by atoms with van der Waals surface area (Å²) < 4.78 is 33.2. The standard InChI is InChI=1S/C27H31N3O4S/c1-34-25-15-13-24(14-16-25)30(35(32,33)26-11-3-2-4-12-26)21-27(31)28-19-22-9-5-6-10-23(22)20-29-17-7-8-18-29/h2-6,9-16H,7-8,17-21H2,1H3,(H,28,31). The zero-order valence-electron chi connectivity index (χ0n) is 19.9. The number of sulfonamides is 1. The molecule has 35 heavy (non-hydrogen) atoms. The highest BCUT2D eigenvalue weighted by Gasteiger charge is 2.27.